The summed E-state index contributed by atoms with van der Waals surface area (Å²) in [5.41, 5.74) is 0.702. The van der Waals surface area contributed by atoms with Gasteiger partial charge in [-0.05, 0) is 17.7 Å². The van der Waals surface area contributed by atoms with E-state index in [1.165, 1.54) is 0 Å². The van der Waals surface area contributed by atoms with E-state index in [0.717, 1.165) is 0 Å². The molecule has 0 radical (unpaired) electrons. The van der Waals surface area contributed by atoms with E-state index in [1.54, 1.807) is 12.1 Å². The molecule has 1 fully saturated rings. The predicted molar refractivity (Wildman–Crippen MR) is 62.6 cm³/mol. The number of ether oxygens (including phenoxy) is 1. The van der Waals surface area contributed by atoms with Crippen LogP contribution >= 0.6 is 35.6 Å². The van der Waals surface area contributed by atoms with Crippen LogP contribution < -0.4 is 5.32 Å². The molecular formula is C9H8Cl3NO3. The largest absolute Gasteiger partial charge is 0.505 e. The average molecular weight is 285 g/mol. The molecule has 4 nitrogen and oxygen atoms in total. The summed E-state index contributed by atoms with van der Waals surface area (Å²) in [5.74, 6) is -0.160. The molecule has 1 aliphatic heterocycles. The van der Waals surface area contributed by atoms with Crippen LogP contribution in [0.5, 0.6) is 5.75 Å². The van der Waals surface area contributed by atoms with Crippen molar-refractivity contribution in [2.75, 3.05) is 6.61 Å². The zero-order chi connectivity index (χ0) is 11.0. The Bertz CT molecular complexity index is 401. The van der Waals surface area contributed by atoms with Gasteiger partial charge in [0.05, 0.1) is 16.1 Å². The fourth-order valence-electron chi connectivity index (χ4n) is 1.35. The number of amides is 1. The molecule has 1 saturated heterocycles. The van der Waals surface area contributed by atoms with E-state index in [4.69, 9.17) is 27.9 Å². The summed E-state index contributed by atoms with van der Waals surface area (Å²) >= 11 is 11.5. The van der Waals surface area contributed by atoms with Crippen molar-refractivity contribution >= 4 is 41.7 Å². The molecule has 0 aromatic heterocycles. The van der Waals surface area contributed by atoms with Crippen LogP contribution in [0.2, 0.25) is 10.0 Å². The number of carbonyl (C=O) groups is 1. The maximum Gasteiger partial charge on any atom is 0.407 e. The summed E-state index contributed by atoms with van der Waals surface area (Å²) in [4.78, 5) is 10.8. The predicted octanol–water partition coefficient (Wildman–Crippen LogP) is 2.90. The maximum absolute atomic E-state index is 10.8. The van der Waals surface area contributed by atoms with Gasteiger partial charge in [0, 0.05) is 0 Å². The Kier molecular flexibility index (Phi) is 4.13. The van der Waals surface area contributed by atoms with Gasteiger partial charge in [-0.15, -0.1) is 12.4 Å². The molecule has 1 amide bonds. The van der Waals surface area contributed by atoms with Gasteiger partial charge in [0.25, 0.3) is 0 Å². The number of hydrogen-bond donors (Lipinski definition) is 2. The number of aromatic hydroxyl groups is 1. The summed E-state index contributed by atoms with van der Waals surface area (Å²) in [5, 5.41) is 12.2. The first-order valence-electron chi connectivity index (χ1n) is 4.19. The number of benzene rings is 1. The van der Waals surface area contributed by atoms with Gasteiger partial charge in [-0.25, -0.2) is 4.79 Å². The van der Waals surface area contributed by atoms with Crippen LogP contribution in [0.25, 0.3) is 0 Å². The highest BCUT2D eigenvalue weighted by Crippen LogP contribution is 2.35. The van der Waals surface area contributed by atoms with E-state index in [2.05, 4.69) is 5.32 Å². The second-order valence-electron chi connectivity index (χ2n) is 3.13. The van der Waals surface area contributed by atoms with Crippen LogP contribution in [0.15, 0.2) is 12.1 Å². The normalized spacial score (nSPS) is 18.6. The topological polar surface area (TPSA) is 58.6 Å². The van der Waals surface area contributed by atoms with Gasteiger partial charge in [-0.3, -0.25) is 0 Å². The number of nitrogens with one attached hydrogen (secondary N) is 1. The number of phenols is 1. The first-order chi connectivity index (χ1) is 7.08. The molecule has 1 heterocycles. The Balaban J connectivity index is 0.00000128. The smallest absolute Gasteiger partial charge is 0.407 e. The van der Waals surface area contributed by atoms with Crippen LogP contribution in [0.3, 0.4) is 0 Å². The first kappa shape index (κ1) is 13.2. The van der Waals surface area contributed by atoms with Crippen molar-refractivity contribution < 1.29 is 14.6 Å². The molecule has 0 spiro atoms. The minimum absolute atomic E-state index is 0. The number of alkyl carbamates (subject to hydrolysis) is 1. The molecule has 1 aliphatic rings. The molecule has 16 heavy (non-hydrogen) atoms. The van der Waals surface area contributed by atoms with E-state index < -0.39 is 6.09 Å². The summed E-state index contributed by atoms with van der Waals surface area (Å²) in [6, 6.07) is 2.82. The molecule has 2 N–H and O–H groups in total. The Morgan fingerprint density at radius 1 is 1.38 bits per heavy atom. The molecule has 88 valence electrons. The molecule has 1 aromatic rings. The van der Waals surface area contributed by atoms with Gasteiger partial charge in [-0.2, -0.15) is 0 Å². The van der Waals surface area contributed by atoms with E-state index in [0.29, 0.717) is 5.56 Å². The highest BCUT2D eigenvalue weighted by molar-refractivity contribution is 6.37. The van der Waals surface area contributed by atoms with Gasteiger partial charge >= 0.3 is 6.09 Å². The van der Waals surface area contributed by atoms with Gasteiger partial charge < -0.3 is 15.2 Å². The summed E-state index contributed by atoms with van der Waals surface area (Å²) < 4.78 is 4.73. The second-order valence-corrected chi connectivity index (χ2v) is 3.94. The van der Waals surface area contributed by atoms with Gasteiger partial charge in [0.1, 0.15) is 6.61 Å². The fourth-order valence-corrected chi connectivity index (χ4v) is 1.85. The molecule has 1 aromatic carbocycles. The van der Waals surface area contributed by atoms with Crippen molar-refractivity contribution in [2.45, 2.75) is 6.04 Å². The molecule has 2 rings (SSSR count). The highest BCUT2D eigenvalue weighted by Gasteiger charge is 2.25. The van der Waals surface area contributed by atoms with Crippen molar-refractivity contribution in [1.82, 2.24) is 5.32 Å². The maximum atomic E-state index is 10.8. The number of cyclic esters (lactones) is 1. The fraction of sp³-hybridized carbons (Fsp3) is 0.222. The van der Waals surface area contributed by atoms with Crippen molar-refractivity contribution in [2.24, 2.45) is 0 Å². The lowest BCUT2D eigenvalue weighted by Gasteiger charge is -2.09. The monoisotopic (exact) mass is 283 g/mol. The van der Waals surface area contributed by atoms with Crippen LogP contribution in [-0.2, 0) is 4.74 Å². The lowest BCUT2D eigenvalue weighted by molar-refractivity contribution is 0.177. The number of carbonyl (C=O) groups excluding carboxylic acids is 1. The van der Waals surface area contributed by atoms with Gasteiger partial charge in [-0.1, -0.05) is 23.2 Å². The van der Waals surface area contributed by atoms with Crippen molar-refractivity contribution in [3.63, 3.8) is 0 Å². The number of halogens is 3. The highest BCUT2D eigenvalue weighted by atomic mass is 35.5. The van der Waals surface area contributed by atoms with Crippen molar-refractivity contribution in [3.8, 4) is 5.75 Å². The van der Waals surface area contributed by atoms with Crippen LogP contribution in [0, 0.1) is 0 Å². The SMILES string of the molecule is Cl.O=C1N[C@@H](c2cc(Cl)c(O)c(Cl)c2)CO1. The lowest BCUT2D eigenvalue weighted by Crippen LogP contribution is -2.18. The lowest BCUT2D eigenvalue weighted by atomic mass is 10.1. The summed E-state index contributed by atoms with van der Waals surface area (Å²) in [7, 11) is 0. The molecule has 0 unspecified atom stereocenters. The Morgan fingerprint density at radius 3 is 2.38 bits per heavy atom. The Hall–Kier alpha value is -0.840. The van der Waals surface area contributed by atoms with Crippen molar-refractivity contribution in [3.05, 3.63) is 27.7 Å². The van der Waals surface area contributed by atoms with Crippen molar-refractivity contribution in [1.29, 1.82) is 0 Å². The molecular weight excluding hydrogens is 276 g/mol. The molecule has 0 bridgehead atoms. The minimum atomic E-state index is -0.472. The number of rotatable bonds is 1. The zero-order valence-electron chi connectivity index (χ0n) is 7.87. The summed E-state index contributed by atoms with van der Waals surface area (Å²) in [6.45, 7) is 0.232. The quantitative estimate of drug-likeness (QED) is 0.833. The molecule has 0 aliphatic carbocycles. The van der Waals surface area contributed by atoms with Crippen LogP contribution in [0.4, 0.5) is 4.79 Å². The number of phenolic OH excluding ortho intramolecular Hbond substituents is 1. The van der Waals surface area contributed by atoms with E-state index in [9.17, 15) is 9.90 Å². The number of hydrogen-bond acceptors (Lipinski definition) is 3. The first-order valence-corrected chi connectivity index (χ1v) is 4.94. The van der Waals surface area contributed by atoms with E-state index >= 15 is 0 Å². The standard InChI is InChI=1S/C9H7Cl2NO3.ClH/c10-5-1-4(2-6(11)8(5)13)7-3-15-9(14)12-7;/h1-2,7,13H,3H2,(H,12,14);1H/t7-;/m1./s1. The minimum Gasteiger partial charge on any atom is -0.505 e. The third kappa shape index (κ3) is 2.45. The van der Waals surface area contributed by atoms with E-state index in [1.807, 2.05) is 0 Å². The molecule has 0 saturated carbocycles. The van der Waals surface area contributed by atoms with Gasteiger partial charge in [0.15, 0.2) is 5.75 Å². The molecule has 7 heteroatoms. The van der Waals surface area contributed by atoms with Crippen LogP contribution in [0.1, 0.15) is 11.6 Å². The third-order valence-corrected chi connectivity index (χ3v) is 2.69. The molecule has 1 atom stereocenters. The average Bonchev–Trinajstić information content (AvgIpc) is 2.60. The zero-order valence-corrected chi connectivity index (χ0v) is 10.2. The Labute approximate surface area is 108 Å². The second kappa shape index (κ2) is 4.99. The van der Waals surface area contributed by atoms with Gasteiger partial charge in [0.2, 0.25) is 0 Å². The van der Waals surface area contributed by atoms with E-state index in [-0.39, 0.29) is 40.9 Å². The Morgan fingerprint density at radius 2 is 1.94 bits per heavy atom. The third-order valence-electron chi connectivity index (χ3n) is 2.11. The van der Waals surface area contributed by atoms with Crippen LogP contribution in [-0.4, -0.2) is 17.8 Å². The summed E-state index contributed by atoms with van der Waals surface area (Å²) in [6.07, 6.45) is -0.472.